The van der Waals surface area contributed by atoms with Gasteiger partial charge in [0.25, 0.3) is 0 Å². The summed E-state index contributed by atoms with van der Waals surface area (Å²) in [6.45, 7) is 3.16. The van der Waals surface area contributed by atoms with Crippen LogP contribution < -0.4 is 19.7 Å². The van der Waals surface area contributed by atoms with E-state index in [-0.39, 0.29) is 11.9 Å². The highest BCUT2D eigenvalue weighted by atomic mass is 35.5. The van der Waals surface area contributed by atoms with Crippen LogP contribution >= 0.6 is 11.6 Å². The molecule has 0 aliphatic heterocycles. The van der Waals surface area contributed by atoms with E-state index in [9.17, 15) is 4.79 Å². The molecule has 0 aliphatic rings. The molecule has 2 N–H and O–H groups in total. The van der Waals surface area contributed by atoms with Gasteiger partial charge in [0.2, 0.25) is 5.91 Å². The van der Waals surface area contributed by atoms with Crippen LogP contribution in [0, 0.1) is 0 Å². The van der Waals surface area contributed by atoms with Gasteiger partial charge in [-0.05, 0) is 36.3 Å². The molecule has 0 heterocycles. The second-order valence-electron chi connectivity index (χ2n) is 6.68. The minimum absolute atomic E-state index is 0.0678. The van der Waals surface area contributed by atoms with E-state index in [1.807, 2.05) is 37.3 Å². The van der Waals surface area contributed by atoms with E-state index < -0.39 is 0 Å². The highest BCUT2D eigenvalue weighted by molar-refractivity contribution is 6.32. The predicted molar refractivity (Wildman–Crippen MR) is 113 cm³/mol. The Bertz CT molecular complexity index is 807. The molecule has 5 nitrogen and oxygen atoms in total. The largest absolute Gasteiger partial charge is 0.491 e. The second kappa shape index (κ2) is 10.7. The van der Waals surface area contributed by atoms with Gasteiger partial charge in [-0.15, -0.1) is 0 Å². The van der Waals surface area contributed by atoms with Gasteiger partial charge in [0, 0.05) is 6.08 Å². The molecular formula is C22H28ClN2O3+. The van der Waals surface area contributed by atoms with Crippen molar-refractivity contribution in [3.63, 3.8) is 0 Å². The maximum absolute atomic E-state index is 12.5. The predicted octanol–water partition coefficient (Wildman–Crippen LogP) is 2.76. The van der Waals surface area contributed by atoms with Crippen LogP contribution in [-0.4, -0.2) is 40.3 Å². The van der Waals surface area contributed by atoms with E-state index in [1.54, 1.807) is 25.3 Å². The van der Waals surface area contributed by atoms with Crippen molar-refractivity contribution in [3.05, 3.63) is 64.7 Å². The molecule has 2 rings (SSSR count). The third-order valence-corrected chi connectivity index (χ3v) is 4.37. The third kappa shape index (κ3) is 6.29. The molecule has 0 unspecified atom stereocenters. The Labute approximate surface area is 171 Å². The molecule has 2 aromatic carbocycles. The third-order valence-electron chi connectivity index (χ3n) is 4.09. The number of carbonyl (C=O) groups excluding carboxylic acids is 1. The maximum atomic E-state index is 12.5. The standard InChI is InChI=1S/C22H27ClN2O3/c1-5-28-20-14-16(13-18(23)22(20)27-4)11-12-21(26)24-19(15-25(2)3)17-9-7-6-8-10-17/h6-14,19H,5,15H2,1-4H3,(H,24,26)/p+1/b12-11+/t19-/m0/s1. The number of nitrogens with one attached hydrogen (secondary N) is 2. The lowest BCUT2D eigenvalue weighted by Crippen LogP contribution is -3.06. The summed E-state index contributed by atoms with van der Waals surface area (Å²) in [5.74, 6) is 0.874. The summed E-state index contributed by atoms with van der Waals surface area (Å²) in [7, 11) is 5.67. The van der Waals surface area contributed by atoms with Gasteiger partial charge in [-0.1, -0.05) is 41.9 Å². The number of hydrogen-bond donors (Lipinski definition) is 2. The minimum Gasteiger partial charge on any atom is -0.491 e. The van der Waals surface area contributed by atoms with Crippen LogP contribution in [0.1, 0.15) is 24.1 Å². The smallest absolute Gasteiger partial charge is 0.244 e. The molecule has 1 amide bonds. The quantitative estimate of drug-likeness (QED) is 0.633. The van der Waals surface area contributed by atoms with E-state index in [0.29, 0.717) is 23.1 Å². The number of rotatable bonds is 9. The summed E-state index contributed by atoms with van der Waals surface area (Å²) >= 11 is 6.27. The summed E-state index contributed by atoms with van der Waals surface area (Å²) in [6.07, 6.45) is 3.22. The van der Waals surface area contributed by atoms with Crippen LogP contribution in [0.2, 0.25) is 5.02 Å². The Morgan fingerprint density at radius 1 is 1.25 bits per heavy atom. The molecule has 0 bridgehead atoms. The summed E-state index contributed by atoms with van der Waals surface area (Å²) in [6, 6.07) is 13.4. The van der Waals surface area contributed by atoms with E-state index >= 15 is 0 Å². The van der Waals surface area contributed by atoms with Crippen molar-refractivity contribution in [2.45, 2.75) is 13.0 Å². The molecule has 0 aromatic heterocycles. The zero-order valence-electron chi connectivity index (χ0n) is 16.8. The molecule has 6 heteroatoms. The van der Waals surface area contributed by atoms with E-state index in [1.165, 1.54) is 11.0 Å². The Kier molecular flexibility index (Phi) is 8.36. The van der Waals surface area contributed by atoms with Crippen LogP contribution in [-0.2, 0) is 4.79 Å². The van der Waals surface area contributed by atoms with Gasteiger partial charge in [0.1, 0.15) is 12.6 Å². The zero-order valence-corrected chi connectivity index (χ0v) is 17.5. The van der Waals surface area contributed by atoms with Crippen LogP contribution in [0.3, 0.4) is 0 Å². The molecular weight excluding hydrogens is 376 g/mol. The number of likely N-dealkylation sites (N-methyl/N-ethyl adjacent to an activating group) is 1. The average molecular weight is 404 g/mol. The molecule has 0 radical (unpaired) electrons. The fourth-order valence-corrected chi connectivity index (χ4v) is 3.18. The first-order valence-corrected chi connectivity index (χ1v) is 9.65. The van der Waals surface area contributed by atoms with Crippen molar-refractivity contribution in [1.82, 2.24) is 5.32 Å². The Morgan fingerprint density at radius 2 is 1.96 bits per heavy atom. The molecule has 0 saturated carbocycles. The number of benzene rings is 2. The van der Waals surface area contributed by atoms with Crippen LogP contribution in [0.5, 0.6) is 11.5 Å². The first-order valence-electron chi connectivity index (χ1n) is 9.27. The van der Waals surface area contributed by atoms with E-state index in [2.05, 4.69) is 19.4 Å². The SMILES string of the molecule is CCOc1cc(/C=C/C(=O)N[C@@H](C[NH+](C)C)c2ccccc2)cc(Cl)c1OC. The van der Waals surface area contributed by atoms with Crippen LogP contribution in [0.25, 0.3) is 6.08 Å². The molecule has 0 spiro atoms. The normalized spacial score (nSPS) is 12.2. The van der Waals surface area contributed by atoms with Crippen LogP contribution in [0.4, 0.5) is 0 Å². The topological polar surface area (TPSA) is 52.0 Å². The molecule has 150 valence electrons. The molecule has 1 atom stereocenters. The first kappa shape index (κ1) is 21.8. The van der Waals surface area contributed by atoms with Crippen molar-refractivity contribution in [3.8, 4) is 11.5 Å². The number of quaternary nitrogens is 1. The molecule has 2 aromatic rings. The fourth-order valence-electron chi connectivity index (χ4n) is 2.88. The van der Waals surface area contributed by atoms with Crippen molar-refractivity contribution >= 4 is 23.6 Å². The first-order chi connectivity index (χ1) is 13.4. The monoisotopic (exact) mass is 403 g/mol. The van der Waals surface area contributed by atoms with Gasteiger partial charge in [-0.25, -0.2) is 0 Å². The lowest BCUT2D eigenvalue weighted by molar-refractivity contribution is -0.860. The summed E-state index contributed by atoms with van der Waals surface area (Å²) in [4.78, 5) is 13.8. The van der Waals surface area contributed by atoms with Crippen molar-refractivity contribution in [1.29, 1.82) is 0 Å². The summed E-state index contributed by atoms with van der Waals surface area (Å²) in [5, 5.41) is 3.51. The highest BCUT2D eigenvalue weighted by Crippen LogP contribution is 2.36. The van der Waals surface area contributed by atoms with Gasteiger partial charge in [-0.2, -0.15) is 0 Å². The maximum Gasteiger partial charge on any atom is 0.244 e. The summed E-state index contributed by atoms with van der Waals surface area (Å²) < 4.78 is 10.9. The molecule has 0 fully saturated rings. The summed E-state index contributed by atoms with van der Waals surface area (Å²) in [5.41, 5.74) is 1.84. The zero-order chi connectivity index (χ0) is 20.5. The number of carbonyl (C=O) groups is 1. The fraction of sp³-hybridized carbons (Fsp3) is 0.318. The lowest BCUT2D eigenvalue weighted by Gasteiger charge is -2.20. The van der Waals surface area contributed by atoms with Gasteiger partial charge in [0.15, 0.2) is 11.5 Å². The van der Waals surface area contributed by atoms with Crippen molar-refractivity contribution in [2.75, 3.05) is 34.4 Å². The van der Waals surface area contributed by atoms with Gasteiger partial charge < -0.3 is 19.7 Å². The number of halogens is 1. The molecule has 0 aliphatic carbocycles. The Hall–Kier alpha value is -2.50. The molecule has 0 saturated heterocycles. The number of hydrogen-bond acceptors (Lipinski definition) is 3. The number of amides is 1. The van der Waals surface area contributed by atoms with E-state index in [4.69, 9.17) is 21.1 Å². The van der Waals surface area contributed by atoms with Crippen molar-refractivity contribution in [2.24, 2.45) is 0 Å². The lowest BCUT2D eigenvalue weighted by atomic mass is 10.1. The van der Waals surface area contributed by atoms with E-state index in [0.717, 1.165) is 17.7 Å². The molecule has 28 heavy (non-hydrogen) atoms. The second-order valence-corrected chi connectivity index (χ2v) is 7.09. The average Bonchev–Trinajstić information content (AvgIpc) is 2.66. The highest BCUT2D eigenvalue weighted by Gasteiger charge is 2.16. The van der Waals surface area contributed by atoms with Crippen molar-refractivity contribution < 1.29 is 19.2 Å². The van der Waals surface area contributed by atoms with Gasteiger partial charge in [-0.3, -0.25) is 4.79 Å². The number of ether oxygens (including phenoxy) is 2. The van der Waals surface area contributed by atoms with Crippen LogP contribution in [0.15, 0.2) is 48.5 Å². The Balaban J connectivity index is 2.15. The number of methoxy groups -OCH3 is 1. The van der Waals surface area contributed by atoms with Gasteiger partial charge in [0.05, 0.1) is 32.8 Å². The minimum atomic E-state index is -0.167. The van der Waals surface area contributed by atoms with Gasteiger partial charge >= 0.3 is 0 Å². The Morgan fingerprint density at radius 3 is 2.57 bits per heavy atom.